The molecule has 1 N–H and O–H groups in total. The second kappa shape index (κ2) is 8.39. The van der Waals surface area contributed by atoms with Gasteiger partial charge in [-0.05, 0) is 29.9 Å². The highest BCUT2D eigenvalue weighted by molar-refractivity contribution is 6.26. The van der Waals surface area contributed by atoms with E-state index in [1.54, 1.807) is 12.1 Å². The van der Waals surface area contributed by atoms with Crippen molar-refractivity contribution in [3.8, 4) is 6.07 Å². The van der Waals surface area contributed by atoms with Crippen LogP contribution in [0.1, 0.15) is 47.1 Å². The number of allylic oxidation sites excluding steroid dienone is 9. The van der Waals surface area contributed by atoms with E-state index < -0.39 is 0 Å². The maximum absolute atomic E-state index is 13.2. The van der Waals surface area contributed by atoms with E-state index in [9.17, 15) is 15.2 Å². The molecule has 0 spiro atoms. The zero-order valence-corrected chi connectivity index (χ0v) is 21.4. The highest BCUT2D eigenvalue weighted by Crippen LogP contribution is 2.41. The number of carbonyl (C=O) groups is 1. The third-order valence-electron chi connectivity index (χ3n) is 6.24. The van der Waals surface area contributed by atoms with Crippen LogP contribution in [0.15, 0.2) is 88.8 Å². The topological polar surface area (TPSA) is 74.2 Å². The molecule has 2 heterocycles. The minimum absolute atomic E-state index is 0.0606. The molecule has 0 radical (unpaired) electrons. The van der Waals surface area contributed by atoms with Gasteiger partial charge in [0, 0.05) is 28.5 Å². The van der Waals surface area contributed by atoms with Gasteiger partial charge in [0.05, 0.1) is 22.1 Å². The fourth-order valence-electron chi connectivity index (χ4n) is 4.13. The molecule has 0 saturated heterocycles. The van der Waals surface area contributed by atoms with Gasteiger partial charge in [-0.25, -0.2) is 4.57 Å². The first-order valence-corrected chi connectivity index (χ1v) is 11.7. The molecule has 1 aromatic carbocycles. The lowest BCUT2D eigenvalue weighted by Crippen LogP contribution is -2.28. The SMILES string of the molecule is C[n+]1ccc(C(C#N)=C2C(=O)C(C=C3C=C(C(C)(C)C)OC(C(C)(C)C)=C3)=C2O)c2ccccc21. The first-order valence-electron chi connectivity index (χ1n) is 11.7. The molecule has 0 amide bonds. The summed E-state index contributed by atoms with van der Waals surface area (Å²) in [5.74, 6) is 1.09. The van der Waals surface area contributed by atoms with Crippen molar-refractivity contribution in [3.05, 3.63) is 94.3 Å². The number of aromatic nitrogens is 1. The number of ketones is 1. The van der Waals surface area contributed by atoms with E-state index in [0.717, 1.165) is 28.0 Å². The molecule has 1 aliphatic heterocycles. The minimum Gasteiger partial charge on any atom is -0.506 e. The number of hydrogen-bond donors (Lipinski definition) is 1. The predicted molar refractivity (Wildman–Crippen MR) is 137 cm³/mol. The monoisotopic (exact) mass is 467 g/mol. The van der Waals surface area contributed by atoms with E-state index in [4.69, 9.17) is 4.74 Å². The number of aryl methyl sites for hydroxylation is 1. The number of ether oxygens (including phenoxy) is 1. The van der Waals surface area contributed by atoms with E-state index in [2.05, 4.69) is 47.6 Å². The molecule has 0 atom stereocenters. The largest absolute Gasteiger partial charge is 0.506 e. The number of nitrogens with zero attached hydrogens (tertiary/aromatic N) is 2. The third-order valence-corrected chi connectivity index (χ3v) is 6.24. The molecule has 0 saturated carbocycles. The Kier molecular flexibility index (Phi) is 5.81. The summed E-state index contributed by atoms with van der Waals surface area (Å²) in [6, 6.07) is 11.7. The van der Waals surface area contributed by atoms with Gasteiger partial charge in [-0.1, -0.05) is 53.7 Å². The number of rotatable bonds is 2. The van der Waals surface area contributed by atoms with E-state index >= 15 is 0 Å². The molecular weight excluding hydrogens is 436 g/mol. The van der Waals surface area contributed by atoms with Crippen molar-refractivity contribution in [1.82, 2.24) is 0 Å². The Labute approximate surface area is 206 Å². The summed E-state index contributed by atoms with van der Waals surface area (Å²) < 4.78 is 8.14. The van der Waals surface area contributed by atoms with Gasteiger partial charge in [-0.15, -0.1) is 0 Å². The second-order valence-electron chi connectivity index (χ2n) is 11.1. The van der Waals surface area contributed by atoms with Crippen LogP contribution in [0.3, 0.4) is 0 Å². The number of fused-ring (bicyclic) bond motifs is 1. The van der Waals surface area contributed by atoms with Crippen LogP contribution in [0.4, 0.5) is 0 Å². The molecule has 2 aromatic rings. The standard InChI is InChI=1S/C30H30N2O3/c1-29(2,3)24-15-18(16-25(35-24)30(4,5)6)14-21-27(33)26(28(21)34)22(17-31)19-12-13-32(7)23-11-9-8-10-20(19)23/h8-16H,1-7H3/p+1. The van der Waals surface area contributed by atoms with Crippen molar-refractivity contribution in [2.75, 3.05) is 0 Å². The Morgan fingerprint density at radius 2 is 1.63 bits per heavy atom. The van der Waals surface area contributed by atoms with Gasteiger partial charge < -0.3 is 9.84 Å². The maximum atomic E-state index is 13.2. The van der Waals surface area contributed by atoms with Crippen LogP contribution in [-0.2, 0) is 16.6 Å². The fraction of sp³-hybridized carbons (Fsp3) is 0.300. The van der Waals surface area contributed by atoms with Crippen molar-refractivity contribution < 1.29 is 19.2 Å². The Morgan fingerprint density at radius 3 is 2.17 bits per heavy atom. The molecule has 0 bridgehead atoms. The summed E-state index contributed by atoms with van der Waals surface area (Å²) >= 11 is 0. The van der Waals surface area contributed by atoms with Gasteiger partial charge in [0.15, 0.2) is 6.20 Å². The highest BCUT2D eigenvalue weighted by Gasteiger charge is 2.37. The summed E-state index contributed by atoms with van der Waals surface area (Å²) in [6.07, 6.45) is 7.34. The molecule has 178 valence electrons. The zero-order chi connectivity index (χ0) is 25.7. The van der Waals surface area contributed by atoms with Gasteiger partial charge in [0.2, 0.25) is 11.3 Å². The van der Waals surface area contributed by atoms with Crippen LogP contribution in [0.25, 0.3) is 16.5 Å². The lowest BCUT2D eigenvalue weighted by atomic mass is 9.80. The molecule has 5 nitrogen and oxygen atoms in total. The van der Waals surface area contributed by atoms with Gasteiger partial charge in [-0.3, -0.25) is 4.79 Å². The normalized spacial score (nSPS) is 17.9. The Hall–Kier alpha value is -3.91. The molecule has 2 aliphatic rings. The van der Waals surface area contributed by atoms with Crippen molar-refractivity contribution in [2.24, 2.45) is 17.9 Å². The molecule has 4 rings (SSSR count). The van der Waals surface area contributed by atoms with Crippen molar-refractivity contribution >= 4 is 22.3 Å². The predicted octanol–water partition coefficient (Wildman–Crippen LogP) is 6.15. The van der Waals surface area contributed by atoms with Crippen molar-refractivity contribution in [2.45, 2.75) is 41.5 Å². The Morgan fingerprint density at radius 1 is 1.03 bits per heavy atom. The molecule has 1 aliphatic carbocycles. The summed E-state index contributed by atoms with van der Waals surface area (Å²) in [5.41, 5.74) is 2.30. The molecule has 1 aromatic heterocycles. The van der Waals surface area contributed by atoms with Crippen molar-refractivity contribution in [3.63, 3.8) is 0 Å². The average molecular weight is 468 g/mol. The number of aliphatic hydroxyl groups excluding tert-OH is 1. The molecular formula is C30H31N2O3+. The number of benzene rings is 1. The van der Waals surface area contributed by atoms with Crippen LogP contribution >= 0.6 is 0 Å². The Bertz CT molecular complexity index is 1430. The van der Waals surface area contributed by atoms with Crippen LogP contribution in [-0.4, -0.2) is 10.9 Å². The molecule has 35 heavy (non-hydrogen) atoms. The Balaban J connectivity index is 1.85. The first kappa shape index (κ1) is 24.2. The average Bonchev–Trinajstić information content (AvgIpc) is 2.80. The van der Waals surface area contributed by atoms with E-state index in [1.807, 2.05) is 54.2 Å². The molecule has 0 unspecified atom stereocenters. The first-order chi connectivity index (χ1) is 16.3. The van der Waals surface area contributed by atoms with E-state index in [0.29, 0.717) is 5.56 Å². The zero-order valence-electron chi connectivity index (χ0n) is 21.4. The number of Topliss-reactive ketones (excluding diaryl/α,β-unsaturated/α-hetero) is 1. The second-order valence-corrected chi connectivity index (χ2v) is 11.1. The molecule has 5 heteroatoms. The summed E-state index contributed by atoms with van der Waals surface area (Å²) in [5, 5.41) is 21.8. The quantitative estimate of drug-likeness (QED) is 0.326. The third kappa shape index (κ3) is 4.33. The number of hydrogen-bond acceptors (Lipinski definition) is 4. The summed E-state index contributed by atoms with van der Waals surface area (Å²) in [7, 11) is 1.92. The number of aliphatic hydroxyl groups is 1. The van der Waals surface area contributed by atoms with E-state index in [-0.39, 0.29) is 39.1 Å². The van der Waals surface area contributed by atoms with Crippen LogP contribution < -0.4 is 4.57 Å². The summed E-state index contributed by atoms with van der Waals surface area (Å²) in [4.78, 5) is 13.2. The van der Waals surface area contributed by atoms with Crippen LogP contribution in [0.2, 0.25) is 0 Å². The molecule has 0 fully saturated rings. The van der Waals surface area contributed by atoms with Crippen LogP contribution in [0.5, 0.6) is 0 Å². The smallest absolute Gasteiger partial charge is 0.212 e. The van der Waals surface area contributed by atoms with E-state index in [1.165, 1.54) is 0 Å². The lowest BCUT2D eigenvalue weighted by molar-refractivity contribution is -0.644. The number of para-hydroxylation sites is 1. The summed E-state index contributed by atoms with van der Waals surface area (Å²) in [6.45, 7) is 12.4. The van der Waals surface area contributed by atoms with Crippen LogP contribution in [0, 0.1) is 22.2 Å². The maximum Gasteiger partial charge on any atom is 0.212 e. The fourth-order valence-corrected chi connectivity index (χ4v) is 4.13. The highest BCUT2D eigenvalue weighted by atomic mass is 16.5. The van der Waals surface area contributed by atoms with Gasteiger partial charge >= 0.3 is 0 Å². The number of pyridine rings is 1. The van der Waals surface area contributed by atoms with Gasteiger partial charge in [0.1, 0.15) is 30.4 Å². The van der Waals surface area contributed by atoms with Gasteiger partial charge in [-0.2, -0.15) is 5.26 Å². The lowest BCUT2D eigenvalue weighted by Gasteiger charge is -2.33. The number of carbonyl (C=O) groups excluding carboxylic acids is 1. The van der Waals surface area contributed by atoms with Crippen molar-refractivity contribution in [1.29, 1.82) is 5.26 Å². The minimum atomic E-state index is -0.341. The van der Waals surface area contributed by atoms with Gasteiger partial charge in [0.25, 0.3) is 0 Å². The number of nitriles is 1.